The molecule has 16 heavy (non-hydrogen) atoms. The highest BCUT2D eigenvalue weighted by Gasteiger charge is 2.17. The molecule has 3 heteroatoms. The molecule has 0 amide bonds. The van der Waals surface area contributed by atoms with E-state index in [0.29, 0.717) is 0 Å². The molecular weight excluding hydrogens is 198 g/mol. The fourth-order valence-corrected chi connectivity index (χ4v) is 2.30. The van der Waals surface area contributed by atoms with Crippen molar-refractivity contribution in [3.05, 3.63) is 0 Å². The molecule has 0 aromatic carbocycles. The van der Waals surface area contributed by atoms with Gasteiger partial charge in [-0.3, -0.25) is 0 Å². The first kappa shape index (κ1) is 13.5. The van der Waals surface area contributed by atoms with Crippen molar-refractivity contribution in [2.75, 3.05) is 32.7 Å². The SMILES string of the molecule is CCNCC1CCN(CCCCC#N)CC1. The summed E-state index contributed by atoms with van der Waals surface area (Å²) in [7, 11) is 0. The van der Waals surface area contributed by atoms with Crippen molar-refractivity contribution in [2.45, 2.75) is 39.0 Å². The van der Waals surface area contributed by atoms with Gasteiger partial charge in [-0.05, 0) is 64.3 Å². The third kappa shape index (κ3) is 5.48. The molecule has 1 fully saturated rings. The van der Waals surface area contributed by atoms with Crippen molar-refractivity contribution in [3.8, 4) is 6.07 Å². The quantitative estimate of drug-likeness (QED) is 0.671. The van der Waals surface area contributed by atoms with Crippen molar-refractivity contribution < 1.29 is 0 Å². The van der Waals surface area contributed by atoms with Gasteiger partial charge >= 0.3 is 0 Å². The van der Waals surface area contributed by atoms with E-state index >= 15 is 0 Å². The molecule has 1 rings (SSSR count). The Labute approximate surface area is 99.8 Å². The zero-order chi connectivity index (χ0) is 11.6. The lowest BCUT2D eigenvalue weighted by Gasteiger charge is -2.31. The summed E-state index contributed by atoms with van der Waals surface area (Å²) in [4.78, 5) is 2.56. The average molecular weight is 223 g/mol. The minimum Gasteiger partial charge on any atom is -0.317 e. The first-order valence-electron chi connectivity index (χ1n) is 6.66. The Bertz CT molecular complexity index is 202. The van der Waals surface area contributed by atoms with Gasteiger partial charge in [0.1, 0.15) is 0 Å². The number of rotatable bonds is 7. The predicted molar refractivity (Wildman–Crippen MR) is 67.2 cm³/mol. The zero-order valence-corrected chi connectivity index (χ0v) is 10.5. The molecule has 0 bridgehead atoms. The van der Waals surface area contributed by atoms with Gasteiger partial charge < -0.3 is 10.2 Å². The van der Waals surface area contributed by atoms with Crippen LogP contribution in [0, 0.1) is 17.2 Å². The van der Waals surface area contributed by atoms with Crippen LogP contribution in [0.15, 0.2) is 0 Å². The molecule has 1 saturated heterocycles. The molecule has 1 aliphatic rings. The van der Waals surface area contributed by atoms with Gasteiger partial charge in [-0.1, -0.05) is 6.92 Å². The van der Waals surface area contributed by atoms with Crippen LogP contribution in [-0.4, -0.2) is 37.6 Å². The summed E-state index contributed by atoms with van der Waals surface area (Å²) < 4.78 is 0. The van der Waals surface area contributed by atoms with Crippen LogP contribution in [0.3, 0.4) is 0 Å². The zero-order valence-electron chi connectivity index (χ0n) is 10.5. The molecule has 0 radical (unpaired) electrons. The Hall–Kier alpha value is -0.590. The van der Waals surface area contributed by atoms with E-state index in [1.165, 1.54) is 45.4 Å². The topological polar surface area (TPSA) is 39.1 Å². The van der Waals surface area contributed by atoms with Crippen LogP contribution in [0.2, 0.25) is 0 Å². The van der Waals surface area contributed by atoms with Crippen LogP contribution in [-0.2, 0) is 0 Å². The summed E-state index contributed by atoms with van der Waals surface area (Å²) >= 11 is 0. The number of hydrogen-bond acceptors (Lipinski definition) is 3. The molecule has 0 aliphatic carbocycles. The summed E-state index contributed by atoms with van der Waals surface area (Å²) in [6.45, 7) is 8.15. The third-order valence-electron chi connectivity index (χ3n) is 3.40. The van der Waals surface area contributed by atoms with Gasteiger partial charge in [0.15, 0.2) is 0 Å². The van der Waals surface area contributed by atoms with Crippen LogP contribution >= 0.6 is 0 Å². The molecular formula is C13H25N3. The number of nitriles is 1. The highest BCUT2D eigenvalue weighted by molar-refractivity contribution is 4.74. The van der Waals surface area contributed by atoms with Crippen molar-refractivity contribution in [3.63, 3.8) is 0 Å². The van der Waals surface area contributed by atoms with Gasteiger partial charge in [-0.25, -0.2) is 0 Å². The predicted octanol–water partition coefficient (Wildman–Crippen LogP) is 2.00. The molecule has 92 valence electrons. The molecule has 3 nitrogen and oxygen atoms in total. The van der Waals surface area contributed by atoms with Crippen LogP contribution in [0.4, 0.5) is 0 Å². The summed E-state index contributed by atoms with van der Waals surface area (Å²) in [6, 6.07) is 2.21. The maximum atomic E-state index is 8.45. The Morgan fingerprint density at radius 2 is 2.06 bits per heavy atom. The number of nitrogens with zero attached hydrogens (tertiary/aromatic N) is 2. The van der Waals surface area contributed by atoms with Crippen LogP contribution in [0.25, 0.3) is 0 Å². The Morgan fingerprint density at radius 3 is 2.69 bits per heavy atom. The summed E-state index contributed by atoms with van der Waals surface area (Å²) in [5.74, 6) is 0.885. The number of unbranched alkanes of at least 4 members (excludes halogenated alkanes) is 2. The maximum Gasteiger partial charge on any atom is 0.0621 e. The number of piperidine rings is 1. The number of hydrogen-bond donors (Lipinski definition) is 1. The van der Waals surface area contributed by atoms with Crippen molar-refractivity contribution >= 4 is 0 Å². The van der Waals surface area contributed by atoms with E-state index in [2.05, 4.69) is 23.2 Å². The van der Waals surface area contributed by atoms with Gasteiger partial charge in [0.2, 0.25) is 0 Å². The van der Waals surface area contributed by atoms with E-state index in [1.54, 1.807) is 0 Å². The van der Waals surface area contributed by atoms with Gasteiger partial charge in [-0.2, -0.15) is 5.26 Å². The molecule has 0 aromatic heterocycles. The molecule has 0 atom stereocenters. The Kier molecular flexibility index (Phi) is 7.20. The van der Waals surface area contributed by atoms with Crippen LogP contribution in [0.5, 0.6) is 0 Å². The summed E-state index contributed by atoms with van der Waals surface area (Å²) in [6.07, 6.45) is 5.65. The van der Waals surface area contributed by atoms with Crippen molar-refractivity contribution in [1.82, 2.24) is 10.2 Å². The smallest absolute Gasteiger partial charge is 0.0621 e. The number of nitrogens with one attached hydrogen (secondary N) is 1. The lowest BCUT2D eigenvalue weighted by atomic mass is 9.96. The summed E-state index contributed by atoms with van der Waals surface area (Å²) in [5, 5.41) is 11.9. The molecule has 0 unspecified atom stereocenters. The fraction of sp³-hybridized carbons (Fsp3) is 0.923. The Morgan fingerprint density at radius 1 is 1.31 bits per heavy atom. The lowest BCUT2D eigenvalue weighted by molar-refractivity contribution is 0.180. The maximum absolute atomic E-state index is 8.45. The van der Waals surface area contributed by atoms with Gasteiger partial charge in [0, 0.05) is 6.42 Å². The van der Waals surface area contributed by atoms with Crippen LogP contribution in [0.1, 0.15) is 39.0 Å². The summed E-state index contributed by atoms with van der Waals surface area (Å²) in [5.41, 5.74) is 0. The monoisotopic (exact) mass is 223 g/mol. The molecule has 0 saturated carbocycles. The van der Waals surface area contributed by atoms with Crippen LogP contribution < -0.4 is 5.32 Å². The van der Waals surface area contributed by atoms with E-state index in [0.717, 1.165) is 25.3 Å². The molecule has 0 aromatic rings. The highest BCUT2D eigenvalue weighted by Crippen LogP contribution is 2.16. The number of likely N-dealkylation sites (tertiary alicyclic amines) is 1. The molecule has 0 spiro atoms. The van der Waals surface area contributed by atoms with E-state index in [4.69, 9.17) is 5.26 Å². The first-order valence-corrected chi connectivity index (χ1v) is 6.66. The highest BCUT2D eigenvalue weighted by atomic mass is 15.1. The van der Waals surface area contributed by atoms with Gasteiger partial charge in [0.05, 0.1) is 6.07 Å². The second kappa shape index (κ2) is 8.55. The third-order valence-corrected chi connectivity index (χ3v) is 3.40. The molecule has 1 aliphatic heterocycles. The van der Waals surface area contributed by atoms with Crippen molar-refractivity contribution in [1.29, 1.82) is 5.26 Å². The van der Waals surface area contributed by atoms with Gasteiger partial charge in [0.25, 0.3) is 0 Å². The van der Waals surface area contributed by atoms with E-state index < -0.39 is 0 Å². The lowest BCUT2D eigenvalue weighted by Crippen LogP contribution is -2.37. The van der Waals surface area contributed by atoms with E-state index in [-0.39, 0.29) is 0 Å². The normalized spacial score (nSPS) is 18.5. The van der Waals surface area contributed by atoms with Gasteiger partial charge in [-0.15, -0.1) is 0 Å². The average Bonchev–Trinajstić information content (AvgIpc) is 2.33. The minimum atomic E-state index is 0.719. The second-order valence-corrected chi connectivity index (χ2v) is 4.71. The largest absolute Gasteiger partial charge is 0.317 e. The second-order valence-electron chi connectivity index (χ2n) is 4.71. The molecule has 1 heterocycles. The first-order chi connectivity index (χ1) is 7.86. The van der Waals surface area contributed by atoms with E-state index in [9.17, 15) is 0 Å². The van der Waals surface area contributed by atoms with Crippen molar-refractivity contribution in [2.24, 2.45) is 5.92 Å². The standard InChI is InChI=1S/C13H25N3/c1-2-15-12-13-6-10-16(11-7-13)9-5-3-4-8-14/h13,15H,2-7,9-12H2,1H3. The minimum absolute atomic E-state index is 0.719. The molecule has 1 N–H and O–H groups in total. The van der Waals surface area contributed by atoms with E-state index in [1.807, 2.05) is 0 Å². The fourth-order valence-electron chi connectivity index (χ4n) is 2.30. The Balaban J connectivity index is 2.01.